The van der Waals surface area contributed by atoms with Crippen LogP contribution in [0, 0.1) is 17.1 Å². The monoisotopic (exact) mass is 622 g/mol. The molecule has 2 saturated heterocycles. The van der Waals surface area contributed by atoms with Gasteiger partial charge in [0.15, 0.2) is 11.6 Å². The quantitative estimate of drug-likeness (QED) is 0.227. The summed E-state index contributed by atoms with van der Waals surface area (Å²) in [4.78, 5) is 27.1. The second-order valence-corrected chi connectivity index (χ2v) is 12.2. The Bertz CT molecular complexity index is 1770. The molecule has 2 fully saturated rings. The number of benzene rings is 2. The number of rotatable bonds is 7. The molecule has 222 valence electrons. The van der Waals surface area contributed by atoms with Crippen molar-refractivity contribution in [3.63, 3.8) is 0 Å². The van der Waals surface area contributed by atoms with Gasteiger partial charge in [0, 0.05) is 46.7 Å². The summed E-state index contributed by atoms with van der Waals surface area (Å²) >= 11 is 8.37. The summed E-state index contributed by atoms with van der Waals surface area (Å²) in [7, 11) is 2.04. The molecule has 2 aliphatic rings. The lowest BCUT2D eigenvalue weighted by atomic mass is 9.99. The highest BCUT2D eigenvalue weighted by Crippen LogP contribution is 2.42. The maximum absolute atomic E-state index is 16.6. The van der Waals surface area contributed by atoms with Gasteiger partial charge in [0.25, 0.3) is 5.91 Å². The first-order chi connectivity index (χ1) is 20.8. The molecular weight excluding hydrogens is 594 g/mol. The number of likely N-dealkylation sites (tertiary alicyclic amines) is 1. The molecule has 6 rings (SSSR count). The third-order valence-corrected chi connectivity index (χ3v) is 9.47. The first-order valence-electron chi connectivity index (χ1n) is 14.0. The van der Waals surface area contributed by atoms with Gasteiger partial charge in [0.1, 0.15) is 17.9 Å². The lowest BCUT2D eigenvalue weighted by Crippen LogP contribution is -2.55. The lowest BCUT2D eigenvalue weighted by molar-refractivity contribution is -0.131. The predicted octanol–water partition coefficient (Wildman–Crippen LogP) is 6.19. The second kappa shape index (κ2) is 12.0. The number of hydrogen-bond donors (Lipinski definition) is 0. The summed E-state index contributed by atoms with van der Waals surface area (Å²) in [5, 5.41) is 12.9. The first-order valence-corrected chi connectivity index (χ1v) is 15.3. The van der Waals surface area contributed by atoms with E-state index in [0.29, 0.717) is 23.4 Å². The zero-order chi connectivity index (χ0) is 30.2. The first kappa shape index (κ1) is 29.2. The van der Waals surface area contributed by atoms with E-state index in [1.54, 1.807) is 17.4 Å². The van der Waals surface area contributed by atoms with Crippen LogP contribution in [0.25, 0.3) is 32.1 Å². The Hall–Kier alpha value is -3.85. The van der Waals surface area contributed by atoms with E-state index in [-0.39, 0.29) is 54.2 Å². The highest BCUT2D eigenvalue weighted by molar-refractivity contribution is 7.17. The van der Waals surface area contributed by atoms with Gasteiger partial charge in [0.05, 0.1) is 23.6 Å². The zero-order valence-corrected chi connectivity index (χ0v) is 25.1. The normalized spacial score (nSPS) is 19.2. The molecule has 2 aliphatic heterocycles. The van der Waals surface area contributed by atoms with Crippen molar-refractivity contribution in [3.8, 4) is 23.2 Å². The number of anilines is 1. The van der Waals surface area contributed by atoms with E-state index in [0.717, 1.165) is 29.5 Å². The highest BCUT2D eigenvalue weighted by atomic mass is 35.5. The minimum absolute atomic E-state index is 0.0242. The molecule has 0 N–H and O–H groups in total. The van der Waals surface area contributed by atoms with Gasteiger partial charge >= 0.3 is 6.01 Å². The van der Waals surface area contributed by atoms with Gasteiger partial charge in [-0.05, 0) is 55.6 Å². The second-order valence-electron chi connectivity index (χ2n) is 10.9. The van der Waals surface area contributed by atoms with Crippen molar-refractivity contribution in [1.29, 1.82) is 5.26 Å². The van der Waals surface area contributed by atoms with Crippen LogP contribution in [0.5, 0.6) is 6.01 Å². The number of piperazine rings is 1. The van der Waals surface area contributed by atoms with Crippen molar-refractivity contribution in [2.75, 3.05) is 44.7 Å². The number of thiophene rings is 1. The van der Waals surface area contributed by atoms with E-state index in [1.807, 2.05) is 41.6 Å². The van der Waals surface area contributed by atoms with Crippen LogP contribution in [0.2, 0.25) is 5.02 Å². The fraction of sp³-hybridized carbons (Fsp3) is 0.355. The number of ether oxygens (including phenoxy) is 1. The Balaban J connectivity index is 1.46. The maximum Gasteiger partial charge on any atom is 0.319 e. The van der Waals surface area contributed by atoms with Crippen molar-refractivity contribution < 1.29 is 18.3 Å². The summed E-state index contributed by atoms with van der Waals surface area (Å²) in [5.41, 5.74) is 0.952. The summed E-state index contributed by atoms with van der Waals surface area (Å²) in [6.45, 7) is 4.99. The van der Waals surface area contributed by atoms with E-state index in [1.165, 1.54) is 4.90 Å². The minimum atomic E-state index is -1.08. The third-order valence-electron chi connectivity index (χ3n) is 8.29. The van der Waals surface area contributed by atoms with Gasteiger partial charge < -0.3 is 19.4 Å². The summed E-state index contributed by atoms with van der Waals surface area (Å²) < 4.78 is 37.5. The number of likely N-dealkylation sites (N-methyl/N-ethyl adjacent to an activating group) is 1. The molecule has 4 heterocycles. The Morgan fingerprint density at radius 2 is 2.07 bits per heavy atom. The number of hydrogen-bond acceptors (Lipinski definition) is 8. The molecule has 0 saturated carbocycles. The van der Waals surface area contributed by atoms with Crippen LogP contribution in [0.4, 0.5) is 14.6 Å². The van der Waals surface area contributed by atoms with Crippen molar-refractivity contribution in [2.24, 2.45) is 0 Å². The number of carbonyl (C=O) groups is 1. The Morgan fingerprint density at radius 3 is 2.81 bits per heavy atom. The van der Waals surface area contributed by atoms with Crippen LogP contribution in [-0.2, 0) is 4.79 Å². The molecule has 0 bridgehead atoms. The number of fused-ring (bicyclic) bond motifs is 2. The number of carbonyl (C=O) groups excluding carboxylic acids is 1. The van der Waals surface area contributed by atoms with Crippen LogP contribution in [0.3, 0.4) is 0 Å². The number of aromatic nitrogens is 2. The molecule has 2 aromatic heterocycles. The standard InChI is InChI=1S/C31H29ClF2N6O2S/c1-18(33)30(41)40-13-12-39(16-19(40)8-10-35)29-23-15-24(32)26(22-6-3-7-25-21(22)9-14-43-25)27(34)28(23)36-31(37-29)42-17-20-5-4-11-38(20)2/h3,6-7,9,14-15,19-20H,1,4-5,8,11-13,16-17H2,2H3/t19-,20-/m0/s1. The van der Waals surface area contributed by atoms with Gasteiger partial charge in [-0.1, -0.05) is 30.3 Å². The number of amides is 1. The fourth-order valence-corrected chi connectivity index (χ4v) is 7.14. The lowest BCUT2D eigenvalue weighted by Gasteiger charge is -2.41. The van der Waals surface area contributed by atoms with E-state index in [9.17, 15) is 14.4 Å². The smallest absolute Gasteiger partial charge is 0.319 e. The van der Waals surface area contributed by atoms with Gasteiger partial charge in [-0.3, -0.25) is 4.79 Å². The van der Waals surface area contributed by atoms with Crippen molar-refractivity contribution in [3.05, 3.63) is 59.0 Å². The number of halogens is 3. The Kier molecular flexibility index (Phi) is 8.18. The molecule has 8 nitrogen and oxygen atoms in total. The third kappa shape index (κ3) is 5.51. The minimum Gasteiger partial charge on any atom is -0.462 e. The summed E-state index contributed by atoms with van der Waals surface area (Å²) in [6, 6.07) is 10.9. The van der Waals surface area contributed by atoms with Crippen molar-refractivity contribution >= 4 is 55.7 Å². The Morgan fingerprint density at radius 1 is 1.23 bits per heavy atom. The van der Waals surface area contributed by atoms with E-state index in [4.69, 9.17) is 21.3 Å². The molecule has 0 aliphatic carbocycles. The van der Waals surface area contributed by atoms with Gasteiger partial charge in [-0.15, -0.1) is 11.3 Å². The van der Waals surface area contributed by atoms with E-state index < -0.39 is 23.6 Å². The SMILES string of the molecule is C=C(F)C(=O)N1CCN(c2nc(OC[C@@H]3CCCN3C)nc3c(F)c(-c4cccc5sccc45)c(Cl)cc23)C[C@@H]1CC#N. The van der Waals surface area contributed by atoms with Gasteiger partial charge in [0.2, 0.25) is 0 Å². The Labute approximate surface area is 256 Å². The van der Waals surface area contributed by atoms with Crippen LogP contribution in [-0.4, -0.2) is 77.6 Å². The van der Waals surface area contributed by atoms with Crippen LogP contribution in [0.1, 0.15) is 19.3 Å². The molecule has 1 amide bonds. The topological polar surface area (TPSA) is 85.6 Å². The molecular formula is C31H29ClF2N6O2S. The fourth-order valence-electron chi connectivity index (χ4n) is 6.04. The van der Waals surface area contributed by atoms with Crippen LogP contribution >= 0.6 is 22.9 Å². The molecule has 4 aromatic rings. The zero-order valence-electron chi connectivity index (χ0n) is 23.5. The predicted molar refractivity (Wildman–Crippen MR) is 165 cm³/mol. The average Bonchev–Trinajstić information content (AvgIpc) is 3.65. The molecule has 2 aromatic carbocycles. The van der Waals surface area contributed by atoms with Gasteiger partial charge in [-0.2, -0.15) is 15.2 Å². The highest BCUT2D eigenvalue weighted by Gasteiger charge is 2.34. The molecule has 0 spiro atoms. The van der Waals surface area contributed by atoms with Crippen molar-refractivity contribution in [2.45, 2.75) is 31.3 Å². The van der Waals surface area contributed by atoms with Crippen LogP contribution < -0.4 is 9.64 Å². The van der Waals surface area contributed by atoms with E-state index >= 15 is 4.39 Å². The number of nitriles is 1. The molecule has 2 atom stereocenters. The van der Waals surface area contributed by atoms with E-state index in [2.05, 4.69) is 22.5 Å². The summed E-state index contributed by atoms with van der Waals surface area (Å²) in [5.74, 6) is -2.16. The average molecular weight is 623 g/mol. The maximum atomic E-state index is 16.6. The molecule has 12 heteroatoms. The van der Waals surface area contributed by atoms with Crippen molar-refractivity contribution in [1.82, 2.24) is 19.8 Å². The molecule has 43 heavy (non-hydrogen) atoms. The van der Waals surface area contributed by atoms with Gasteiger partial charge in [-0.25, -0.2) is 8.78 Å². The number of nitrogens with zero attached hydrogens (tertiary/aromatic N) is 6. The molecule has 0 unspecified atom stereocenters. The largest absolute Gasteiger partial charge is 0.462 e. The van der Waals surface area contributed by atoms with Crippen LogP contribution in [0.15, 0.2) is 48.1 Å². The summed E-state index contributed by atoms with van der Waals surface area (Å²) in [6.07, 6.45) is 2.01. The molecule has 0 radical (unpaired) electrons.